The fourth-order valence-electron chi connectivity index (χ4n) is 1.42. The van der Waals surface area contributed by atoms with E-state index >= 15 is 0 Å². The predicted octanol–water partition coefficient (Wildman–Crippen LogP) is 1.30. The highest BCUT2D eigenvalue weighted by atomic mass is 32.2. The number of rotatable bonds is 8. The van der Waals surface area contributed by atoms with Gasteiger partial charge in [-0.2, -0.15) is 8.42 Å². The van der Waals surface area contributed by atoms with Crippen LogP contribution in [0, 0.1) is 0 Å². The zero-order chi connectivity index (χ0) is 16.2. The number of hydrogen-bond acceptors (Lipinski definition) is 4. The molecule has 2 N–H and O–H groups in total. The van der Waals surface area contributed by atoms with Crippen LogP contribution in [0.4, 0.5) is 0 Å². The topological polar surface area (TPSA) is 86.7 Å². The van der Waals surface area contributed by atoms with Gasteiger partial charge in [0.05, 0.1) is 0 Å². The Morgan fingerprint density at radius 3 is 1.90 bits per heavy atom. The van der Waals surface area contributed by atoms with Gasteiger partial charge in [0.25, 0.3) is 10.1 Å². The zero-order valence-corrected chi connectivity index (χ0v) is 13.7. The standard InChI is InChI=1S/C7H13NO4S.C6H15N/c1-3-6(13(10,11)12)5-8-7(9)4-2;1-4-7(5-2)6-3/h4,6H,2-3,5H2,1H3,(H,8,9)(H,10,11,12);4-6H2,1-3H3. The highest BCUT2D eigenvalue weighted by Crippen LogP contribution is 2.01. The van der Waals surface area contributed by atoms with E-state index in [1.807, 2.05) is 0 Å². The minimum atomic E-state index is -4.07. The summed E-state index contributed by atoms with van der Waals surface area (Å²) in [5.74, 6) is -0.456. The van der Waals surface area contributed by atoms with E-state index in [1.165, 1.54) is 19.6 Å². The van der Waals surface area contributed by atoms with Crippen molar-refractivity contribution in [3.8, 4) is 0 Å². The number of nitrogens with zero attached hydrogens (tertiary/aromatic N) is 1. The molecule has 120 valence electrons. The van der Waals surface area contributed by atoms with E-state index in [0.29, 0.717) is 0 Å². The van der Waals surface area contributed by atoms with Crippen LogP contribution in [0.15, 0.2) is 12.7 Å². The molecule has 0 aromatic rings. The molecule has 0 saturated carbocycles. The Morgan fingerprint density at radius 1 is 1.25 bits per heavy atom. The van der Waals surface area contributed by atoms with Crippen LogP contribution in [0.1, 0.15) is 34.1 Å². The summed E-state index contributed by atoms with van der Waals surface area (Å²) in [7, 11) is -4.07. The van der Waals surface area contributed by atoms with Gasteiger partial charge in [-0.05, 0) is 32.1 Å². The van der Waals surface area contributed by atoms with Crippen LogP contribution >= 0.6 is 0 Å². The van der Waals surface area contributed by atoms with Crippen molar-refractivity contribution in [1.82, 2.24) is 10.2 Å². The van der Waals surface area contributed by atoms with Crippen LogP contribution in [0.3, 0.4) is 0 Å². The quantitative estimate of drug-likeness (QED) is 0.521. The largest absolute Gasteiger partial charge is 0.351 e. The average molecular weight is 308 g/mol. The highest BCUT2D eigenvalue weighted by Gasteiger charge is 2.20. The molecular weight excluding hydrogens is 280 g/mol. The van der Waals surface area contributed by atoms with Crippen molar-refractivity contribution in [2.24, 2.45) is 0 Å². The van der Waals surface area contributed by atoms with Crippen LogP contribution in [-0.2, 0) is 14.9 Å². The van der Waals surface area contributed by atoms with Gasteiger partial charge in [-0.25, -0.2) is 0 Å². The second-order valence-corrected chi connectivity index (χ2v) is 5.81. The number of carbonyl (C=O) groups excluding carboxylic acids is 1. The van der Waals surface area contributed by atoms with Gasteiger partial charge in [0, 0.05) is 6.54 Å². The molecule has 0 aromatic heterocycles. The van der Waals surface area contributed by atoms with E-state index in [2.05, 4.69) is 37.6 Å². The first-order valence-corrected chi connectivity index (χ1v) is 8.35. The first-order chi connectivity index (χ1) is 9.26. The van der Waals surface area contributed by atoms with Crippen LogP contribution in [0.5, 0.6) is 0 Å². The second-order valence-electron chi connectivity index (χ2n) is 4.11. The van der Waals surface area contributed by atoms with E-state index in [-0.39, 0.29) is 13.0 Å². The van der Waals surface area contributed by atoms with Gasteiger partial charge in [-0.3, -0.25) is 9.35 Å². The summed E-state index contributed by atoms with van der Waals surface area (Å²) < 4.78 is 29.9. The SMILES string of the molecule is C=CC(=O)NCC(CC)S(=O)(=O)O.CCN(CC)CC. The Morgan fingerprint density at radius 2 is 1.70 bits per heavy atom. The van der Waals surface area contributed by atoms with Gasteiger partial charge >= 0.3 is 0 Å². The lowest BCUT2D eigenvalue weighted by Gasteiger charge is -2.13. The van der Waals surface area contributed by atoms with Gasteiger partial charge in [0.2, 0.25) is 5.91 Å². The number of carbonyl (C=O) groups is 1. The Bertz CT molecular complexity index is 359. The normalized spacial score (nSPS) is 12.3. The molecular formula is C13H28N2O4S. The number of nitrogens with one attached hydrogen (secondary N) is 1. The summed E-state index contributed by atoms with van der Waals surface area (Å²) in [6, 6.07) is 0. The molecule has 0 fully saturated rings. The summed E-state index contributed by atoms with van der Waals surface area (Å²) in [6.45, 7) is 14.8. The summed E-state index contributed by atoms with van der Waals surface area (Å²) in [4.78, 5) is 13.0. The van der Waals surface area contributed by atoms with E-state index < -0.39 is 21.3 Å². The third kappa shape index (κ3) is 11.0. The zero-order valence-electron chi connectivity index (χ0n) is 12.9. The van der Waals surface area contributed by atoms with Gasteiger partial charge in [0.15, 0.2) is 0 Å². The maximum absolute atomic E-state index is 10.7. The maximum Gasteiger partial charge on any atom is 0.269 e. The molecule has 0 heterocycles. The van der Waals surface area contributed by atoms with Crippen molar-refractivity contribution in [3.63, 3.8) is 0 Å². The fraction of sp³-hybridized carbons (Fsp3) is 0.769. The Hall–Kier alpha value is -0.920. The van der Waals surface area contributed by atoms with E-state index in [0.717, 1.165) is 6.08 Å². The molecule has 0 aliphatic heterocycles. The monoisotopic (exact) mass is 308 g/mol. The van der Waals surface area contributed by atoms with E-state index in [1.54, 1.807) is 6.92 Å². The van der Waals surface area contributed by atoms with E-state index in [4.69, 9.17) is 4.55 Å². The molecule has 1 atom stereocenters. The van der Waals surface area contributed by atoms with Crippen LogP contribution < -0.4 is 5.32 Å². The molecule has 0 bridgehead atoms. The molecule has 0 aliphatic carbocycles. The minimum absolute atomic E-state index is 0.0970. The minimum Gasteiger partial charge on any atom is -0.351 e. The van der Waals surface area contributed by atoms with Crippen molar-refractivity contribution in [3.05, 3.63) is 12.7 Å². The molecule has 0 aromatic carbocycles. The predicted molar refractivity (Wildman–Crippen MR) is 82.3 cm³/mol. The smallest absolute Gasteiger partial charge is 0.269 e. The molecule has 0 saturated heterocycles. The lowest BCUT2D eigenvalue weighted by atomic mass is 10.3. The van der Waals surface area contributed by atoms with Crippen molar-refractivity contribution < 1.29 is 17.8 Å². The molecule has 0 spiro atoms. The summed E-state index contributed by atoms with van der Waals surface area (Å²) in [6.07, 6.45) is 1.28. The third-order valence-electron chi connectivity index (χ3n) is 2.91. The summed E-state index contributed by atoms with van der Waals surface area (Å²) in [5, 5.41) is 1.35. The highest BCUT2D eigenvalue weighted by molar-refractivity contribution is 7.86. The average Bonchev–Trinajstić information content (AvgIpc) is 2.40. The van der Waals surface area contributed by atoms with Gasteiger partial charge < -0.3 is 10.2 Å². The van der Waals surface area contributed by atoms with Gasteiger partial charge in [-0.15, -0.1) is 0 Å². The van der Waals surface area contributed by atoms with Crippen molar-refractivity contribution in [2.45, 2.75) is 39.4 Å². The van der Waals surface area contributed by atoms with Gasteiger partial charge in [0.1, 0.15) is 5.25 Å². The van der Waals surface area contributed by atoms with Crippen molar-refractivity contribution >= 4 is 16.0 Å². The Kier molecular flexibility index (Phi) is 12.7. The van der Waals surface area contributed by atoms with E-state index in [9.17, 15) is 13.2 Å². The third-order valence-corrected chi connectivity index (χ3v) is 4.25. The van der Waals surface area contributed by atoms with Crippen molar-refractivity contribution in [1.29, 1.82) is 0 Å². The molecule has 0 radical (unpaired) electrons. The van der Waals surface area contributed by atoms with Crippen LogP contribution in [0.25, 0.3) is 0 Å². The first-order valence-electron chi connectivity index (χ1n) is 6.85. The lowest BCUT2D eigenvalue weighted by molar-refractivity contribution is -0.116. The molecule has 0 rings (SSSR count). The lowest BCUT2D eigenvalue weighted by Crippen LogP contribution is -2.35. The van der Waals surface area contributed by atoms with Gasteiger partial charge in [-0.1, -0.05) is 34.3 Å². The molecule has 7 heteroatoms. The second kappa shape index (κ2) is 11.9. The first kappa shape index (κ1) is 21.4. The van der Waals surface area contributed by atoms with Crippen molar-refractivity contribution in [2.75, 3.05) is 26.2 Å². The molecule has 1 unspecified atom stereocenters. The molecule has 20 heavy (non-hydrogen) atoms. The Labute approximate surface area is 123 Å². The summed E-state index contributed by atoms with van der Waals surface area (Å²) in [5.41, 5.74) is 0. The maximum atomic E-state index is 10.7. The Balaban J connectivity index is 0. The fourth-order valence-corrected chi connectivity index (χ4v) is 2.13. The number of amides is 1. The van der Waals surface area contributed by atoms with Crippen LogP contribution in [0.2, 0.25) is 0 Å². The summed E-state index contributed by atoms with van der Waals surface area (Å²) >= 11 is 0. The molecule has 0 aliphatic rings. The number of hydrogen-bond donors (Lipinski definition) is 2. The van der Waals surface area contributed by atoms with Crippen LogP contribution in [-0.4, -0.2) is 55.2 Å². The molecule has 6 nitrogen and oxygen atoms in total. The molecule has 1 amide bonds.